The van der Waals surface area contributed by atoms with Gasteiger partial charge in [0, 0.05) is 32.3 Å². The predicted molar refractivity (Wildman–Crippen MR) is 101 cm³/mol. The van der Waals surface area contributed by atoms with Crippen LogP contribution >= 0.6 is 0 Å². The Balaban J connectivity index is 0.000000292. The van der Waals surface area contributed by atoms with Crippen LogP contribution in [0.4, 0.5) is 0 Å². The Morgan fingerprint density at radius 3 is 2.18 bits per heavy atom. The molecular weight excluding hydrogens is 388 g/mol. The second-order valence-electron chi connectivity index (χ2n) is 6.55. The second-order valence-corrected chi connectivity index (χ2v) is 8.53. The van der Waals surface area contributed by atoms with Crippen molar-refractivity contribution in [2.45, 2.75) is 56.0 Å². The second kappa shape index (κ2) is 11.4. The standard InChI is InChI=1S/C13H17NO5S.C5H11NO2/c1-20(16,17)11-7-3-2-6-10(11)13(15)14-19-12-8-4-5-9-18-12;6-8-5-3-1-2-4-7-5/h2-3,6-7,12H,4-5,8-9H2,1H3,(H,14,15);5H,1-4,6H2. The maximum Gasteiger partial charge on any atom is 0.276 e. The highest BCUT2D eigenvalue weighted by atomic mass is 32.2. The van der Waals surface area contributed by atoms with E-state index in [1.165, 1.54) is 18.6 Å². The van der Waals surface area contributed by atoms with E-state index in [4.69, 9.17) is 20.2 Å². The van der Waals surface area contributed by atoms with E-state index in [9.17, 15) is 13.2 Å². The van der Waals surface area contributed by atoms with Crippen molar-refractivity contribution in [2.24, 2.45) is 5.90 Å². The number of nitrogens with two attached hydrogens (primary N) is 1. The van der Waals surface area contributed by atoms with Crippen molar-refractivity contribution < 1.29 is 32.4 Å². The Morgan fingerprint density at radius 1 is 1.07 bits per heavy atom. The van der Waals surface area contributed by atoms with Crippen LogP contribution in [0.3, 0.4) is 0 Å². The van der Waals surface area contributed by atoms with E-state index < -0.39 is 22.0 Å². The van der Waals surface area contributed by atoms with Crippen molar-refractivity contribution in [1.29, 1.82) is 0 Å². The maximum atomic E-state index is 12.0. The topological polar surface area (TPSA) is 126 Å². The molecule has 28 heavy (non-hydrogen) atoms. The van der Waals surface area contributed by atoms with Gasteiger partial charge < -0.3 is 9.47 Å². The highest BCUT2D eigenvalue weighted by Crippen LogP contribution is 2.16. The molecule has 2 aliphatic rings. The normalized spacial score (nSPS) is 22.6. The van der Waals surface area contributed by atoms with Crippen LogP contribution < -0.4 is 11.4 Å². The van der Waals surface area contributed by atoms with E-state index >= 15 is 0 Å². The lowest BCUT2D eigenvalue weighted by molar-refractivity contribution is -0.186. The molecule has 2 fully saturated rings. The molecule has 1 aromatic carbocycles. The molecule has 9 nitrogen and oxygen atoms in total. The molecule has 158 valence electrons. The minimum atomic E-state index is -3.47. The molecule has 2 unspecified atom stereocenters. The van der Waals surface area contributed by atoms with Crippen LogP contribution in [0.2, 0.25) is 0 Å². The van der Waals surface area contributed by atoms with Gasteiger partial charge in [0.15, 0.2) is 22.4 Å². The van der Waals surface area contributed by atoms with Crippen molar-refractivity contribution in [3.05, 3.63) is 29.8 Å². The summed E-state index contributed by atoms with van der Waals surface area (Å²) in [6, 6.07) is 6.00. The van der Waals surface area contributed by atoms with Gasteiger partial charge in [0.2, 0.25) is 0 Å². The van der Waals surface area contributed by atoms with Gasteiger partial charge in [0.05, 0.1) is 10.5 Å². The number of rotatable bonds is 5. The van der Waals surface area contributed by atoms with E-state index in [-0.39, 0.29) is 16.7 Å². The van der Waals surface area contributed by atoms with E-state index in [1.54, 1.807) is 12.1 Å². The summed E-state index contributed by atoms with van der Waals surface area (Å²) in [6.45, 7) is 1.39. The summed E-state index contributed by atoms with van der Waals surface area (Å²) in [6.07, 6.45) is 6.35. The summed E-state index contributed by atoms with van der Waals surface area (Å²) in [7, 11) is -3.47. The molecule has 10 heteroatoms. The Hall–Kier alpha value is -1.56. The maximum absolute atomic E-state index is 12.0. The van der Waals surface area contributed by atoms with E-state index in [1.807, 2.05) is 0 Å². The molecule has 0 aliphatic carbocycles. The molecule has 2 heterocycles. The predicted octanol–water partition coefficient (Wildman–Crippen LogP) is 1.68. The monoisotopic (exact) mass is 416 g/mol. The minimum Gasteiger partial charge on any atom is -0.351 e. The fourth-order valence-electron chi connectivity index (χ4n) is 2.77. The number of benzene rings is 1. The molecule has 0 aromatic heterocycles. The average molecular weight is 416 g/mol. The summed E-state index contributed by atoms with van der Waals surface area (Å²) < 4.78 is 33.6. The molecule has 2 saturated heterocycles. The van der Waals surface area contributed by atoms with Gasteiger partial charge >= 0.3 is 0 Å². The largest absolute Gasteiger partial charge is 0.351 e. The third kappa shape index (κ3) is 7.46. The van der Waals surface area contributed by atoms with Crippen LogP contribution in [-0.4, -0.2) is 46.4 Å². The number of hydrogen-bond donors (Lipinski definition) is 2. The fraction of sp³-hybridized carbons (Fsp3) is 0.611. The van der Waals surface area contributed by atoms with E-state index in [0.717, 1.165) is 38.5 Å². The van der Waals surface area contributed by atoms with Crippen molar-refractivity contribution in [2.75, 3.05) is 19.5 Å². The Bertz CT molecular complexity index is 714. The quantitative estimate of drug-likeness (QED) is 0.694. The fourth-order valence-corrected chi connectivity index (χ4v) is 3.66. The first kappa shape index (κ1) is 22.7. The number of ether oxygens (including phenoxy) is 2. The van der Waals surface area contributed by atoms with Crippen LogP contribution in [0.25, 0.3) is 0 Å². The zero-order chi connectivity index (χ0) is 20.4. The van der Waals surface area contributed by atoms with Gasteiger partial charge in [-0.2, -0.15) is 0 Å². The molecule has 1 aromatic rings. The zero-order valence-electron chi connectivity index (χ0n) is 16.0. The molecule has 3 N–H and O–H groups in total. The molecule has 1 amide bonds. The van der Waals surface area contributed by atoms with Gasteiger partial charge in [-0.15, -0.1) is 0 Å². The lowest BCUT2D eigenvalue weighted by atomic mass is 10.2. The third-order valence-corrected chi connectivity index (χ3v) is 5.40. The van der Waals surface area contributed by atoms with E-state index in [0.29, 0.717) is 13.0 Å². The van der Waals surface area contributed by atoms with Crippen LogP contribution in [0, 0.1) is 0 Å². The summed E-state index contributed by atoms with van der Waals surface area (Å²) >= 11 is 0. The first-order valence-electron chi connectivity index (χ1n) is 9.25. The SMILES string of the molecule is CS(=O)(=O)c1ccccc1C(=O)NOC1CCCCO1.NOC1CCCCO1. The molecule has 2 aliphatic heterocycles. The summed E-state index contributed by atoms with van der Waals surface area (Å²) in [5.74, 6) is 4.28. The number of sulfone groups is 1. The first-order chi connectivity index (χ1) is 13.4. The van der Waals surface area contributed by atoms with Crippen molar-refractivity contribution in [1.82, 2.24) is 5.48 Å². The summed E-state index contributed by atoms with van der Waals surface area (Å²) in [4.78, 5) is 21.6. The van der Waals surface area contributed by atoms with Gasteiger partial charge in [-0.05, 0) is 37.8 Å². The molecular formula is C18H28N2O7S. The van der Waals surface area contributed by atoms with Crippen LogP contribution in [0.5, 0.6) is 0 Å². The third-order valence-electron chi connectivity index (χ3n) is 4.24. The highest BCUT2D eigenvalue weighted by Gasteiger charge is 2.20. The van der Waals surface area contributed by atoms with Gasteiger partial charge in [-0.1, -0.05) is 12.1 Å². The first-order valence-corrected chi connectivity index (χ1v) is 11.1. The van der Waals surface area contributed by atoms with Gasteiger partial charge in [0.1, 0.15) is 0 Å². The summed E-state index contributed by atoms with van der Waals surface area (Å²) in [5.41, 5.74) is 2.31. The van der Waals surface area contributed by atoms with Crippen molar-refractivity contribution in [3.63, 3.8) is 0 Å². The molecule has 3 rings (SSSR count). The van der Waals surface area contributed by atoms with E-state index in [2.05, 4.69) is 10.3 Å². The van der Waals surface area contributed by atoms with Crippen LogP contribution in [0.1, 0.15) is 48.9 Å². The van der Waals surface area contributed by atoms with Gasteiger partial charge in [-0.25, -0.2) is 24.6 Å². The Kier molecular flexibility index (Phi) is 9.29. The summed E-state index contributed by atoms with van der Waals surface area (Å²) in [5, 5.41) is 0. The van der Waals surface area contributed by atoms with Crippen molar-refractivity contribution in [3.8, 4) is 0 Å². The minimum absolute atomic E-state index is 0.0225. The number of hydroxylamine groups is 1. The average Bonchev–Trinajstić information content (AvgIpc) is 2.73. The van der Waals surface area contributed by atoms with Gasteiger partial charge in [-0.3, -0.25) is 9.63 Å². The van der Waals surface area contributed by atoms with Crippen molar-refractivity contribution >= 4 is 15.7 Å². The number of amides is 1. The molecule has 0 radical (unpaired) electrons. The molecule has 0 saturated carbocycles. The smallest absolute Gasteiger partial charge is 0.276 e. The Morgan fingerprint density at radius 2 is 1.68 bits per heavy atom. The molecule has 0 bridgehead atoms. The lowest BCUT2D eigenvalue weighted by Gasteiger charge is -2.22. The highest BCUT2D eigenvalue weighted by molar-refractivity contribution is 7.90. The zero-order valence-corrected chi connectivity index (χ0v) is 16.8. The van der Waals surface area contributed by atoms with Crippen LogP contribution in [-0.2, 0) is 29.0 Å². The lowest BCUT2D eigenvalue weighted by Crippen LogP contribution is -2.33. The van der Waals surface area contributed by atoms with Crippen LogP contribution in [0.15, 0.2) is 29.2 Å². The molecule has 2 atom stereocenters. The number of carbonyl (C=O) groups is 1. The Labute approximate surface area is 165 Å². The number of carbonyl (C=O) groups excluding carboxylic acids is 1. The van der Waals surface area contributed by atoms with Gasteiger partial charge in [0.25, 0.3) is 5.91 Å². The number of nitrogens with one attached hydrogen (secondary N) is 1. The number of hydrogen-bond acceptors (Lipinski definition) is 8. The molecule has 0 spiro atoms.